The normalized spacial score (nSPS) is 12.8. The van der Waals surface area contributed by atoms with Gasteiger partial charge < -0.3 is 21.3 Å². The summed E-state index contributed by atoms with van der Waals surface area (Å²) in [4.78, 5) is 21.1. The zero-order chi connectivity index (χ0) is 17.1. The van der Waals surface area contributed by atoms with Crippen LogP contribution in [-0.2, 0) is 20.9 Å². The predicted molar refractivity (Wildman–Crippen MR) is 85.0 cm³/mol. The lowest BCUT2D eigenvalue weighted by Crippen LogP contribution is -2.31. The van der Waals surface area contributed by atoms with Crippen molar-refractivity contribution in [2.75, 3.05) is 0 Å². The molecule has 1 aromatic rings. The quantitative estimate of drug-likeness (QED) is 0.686. The van der Waals surface area contributed by atoms with Crippen LogP contribution >= 0.6 is 0 Å². The zero-order valence-corrected chi connectivity index (χ0v) is 13.4. The Balaban J connectivity index is 0.000000433. The van der Waals surface area contributed by atoms with Crippen molar-refractivity contribution in [3.8, 4) is 0 Å². The Kier molecular flexibility index (Phi) is 9.82. The van der Waals surface area contributed by atoms with Crippen molar-refractivity contribution in [1.82, 2.24) is 0 Å². The molecular weight excluding hydrogens is 284 g/mol. The molecule has 0 heterocycles. The molecule has 124 valence electrons. The summed E-state index contributed by atoms with van der Waals surface area (Å²) in [6.07, 6.45) is 0.551. The van der Waals surface area contributed by atoms with Crippen LogP contribution < -0.4 is 11.5 Å². The zero-order valence-electron chi connectivity index (χ0n) is 13.4. The molecular formula is C16H26N2O4. The second-order valence-corrected chi connectivity index (χ2v) is 5.46. The first-order valence-corrected chi connectivity index (χ1v) is 7.18. The average Bonchev–Trinajstić information content (AvgIpc) is 2.45. The summed E-state index contributed by atoms with van der Waals surface area (Å²) in [5, 5.41) is 8.31. The van der Waals surface area contributed by atoms with Gasteiger partial charge in [-0.1, -0.05) is 44.2 Å². The Labute approximate surface area is 131 Å². The van der Waals surface area contributed by atoms with Crippen molar-refractivity contribution in [2.24, 2.45) is 17.4 Å². The highest BCUT2D eigenvalue weighted by Crippen LogP contribution is 2.02. The molecule has 0 radical (unpaired) electrons. The number of ether oxygens (including phenoxy) is 1. The van der Waals surface area contributed by atoms with Gasteiger partial charge in [0.15, 0.2) is 0 Å². The minimum atomic E-state index is -0.913. The van der Waals surface area contributed by atoms with E-state index in [2.05, 4.69) is 0 Å². The maximum Gasteiger partial charge on any atom is 0.322 e. The molecule has 2 atom stereocenters. The standard InChI is InChI=1S/C10H13NO2.C6H13NO2/c1-8(11)10(12)13-7-9-5-3-2-4-6-9;1-4(2)3-5(7)6(8)9/h2-6,8H,7,11H2,1H3;4-5H,3,7H2,1-2H3,(H,8,9). The summed E-state index contributed by atoms with van der Waals surface area (Å²) in [5.74, 6) is -0.927. The van der Waals surface area contributed by atoms with Crippen molar-refractivity contribution in [3.05, 3.63) is 35.9 Å². The summed E-state index contributed by atoms with van der Waals surface area (Å²) in [7, 11) is 0. The second-order valence-electron chi connectivity index (χ2n) is 5.46. The van der Waals surface area contributed by atoms with Gasteiger partial charge in [0.1, 0.15) is 18.7 Å². The first-order valence-electron chi connectivity index (χ1n) is 7.18. The average molecular weight is 310 g/mol. The predicted octanol–water partition coefficient (Wildman–Crippen LogP) is 1.52. The van der Waals surface area contributed by atoms with E-state index in [1.165, 1.54) is 0 Å². The minimum Gasteiger partial charge on any atom is -0.480 e. The molecule has 1 rings (SSSR count). The van der Waals surface area contributed by atoms with Crippen LogP contribution in [0.5, 0.6) is 0 Å². The number of carbonyl (C=O) groups is 2. The van der Waals surface area contributed by atoms with E-state index in [1.54, 1.807) is 6.92 Å². The molecule has 0 saturated carbocycles. The highest BCUT2D eigenvalue weighted by molar-refractivity contribution is 5.74. The van der Waals surface area contributed by atoms with Gasteiger partial charge in [-0.15, -0.1) is 0 Å². The van der Waals surface area contributed by atoms with Crippen molar-refractivity contribution in [3.63, 3.8) is 0 Å². The van der Waals surface area contributed by atoms with Crippen LogP contribution in [0.2, 0.25) is 0 Å². The van der Waals surface area contributed by atoms with Gasteiger partial charge >= 0.3 is 11.9 Å². The molecule has 1 aromatic carbocycles. The van der Waals surface area contributed by atoms with Crippen LogP contribution in [0.3, 0.4) is 0 Å². The van der Waals surface area contributed by atoms with Crippen LogP contribution in [0.15, 0.2) is 30.3 Å². The fourth-order valence-corrected chi connectivity index (χ4v) is 1.47. The molecule has 6 nitrogen and oxygen atoms in total. The largest absolute Gasteiger partial charge is 0.480 e. The third kappa shape index (κ3) is 9.90. The summed E-state index contributed by atoms with van der Waals surface area (Å²) in [5.41, 5.74) is 11.5. The Bertz CT molecular complexity index is 447. The number of hydrogen-bond acceptors (Lipinski definition) is 5. The van der Waals surface area contributed by atoms with Crippen LogP contribution in [0.4, 0.5) is 0 Å². The lowest BCUT2D eigenvalue weighted by atomic mass is 10.1. The molecule has 0 aliphatic rings. The first kappa shape index (κ1) is 20.1. The molecule has 2 unspecified atom stereocenters. The fourth-order valence-electron chi connectivity index (χ4n) is 1.47. The number of carboxylic acids is 1. The van der Waals surface area contributed by atoms with E-state index in [0.29, 0.717) is 18.9 Å². The highest BCUT2D eigenvalue weighted by atomic mass is 16.5. The van der Waals surface area contributed by atoms with E-state index in [1.807, 2.05) is 44.2 Å². The Morgan fingerprint density at radius 1 is 1.14 bits per heavy atom. The Morgan fingerprint density at radius 3 is 2.05 bits per heavy atom. The number of carbonyl (C=O) groups excluding carboxylic acids is 1. The van der Waals surface area contributed by atoms with Gasteiger partial charge in [-0.2, -0.15) is 0 Å². The van der Waals surface area contributed by atoms with Crippen molar-refractivity contribution >= 4 is 11.9 Å². The van der Waals surface area contributed by atoms with Gasteiger partial charge in [-0.25, -0.2) is 0 Å². The van der Waals surface area contributed by atoms with Gasteiger partial charge in [-0.05, 0) is 24.8 Å². The van der Waals surface area contributed by atoms with Crippen molar-refractivity contribution in [1.29, 1.82) is 0 Å². The minimum absolute atomic E-state index is 0.293. The number of rotatable bonds is 6. The van der Waals surface area contributed by atoms with Crippen LogP contribution in [0, 0.1) is 5.92 Å². The maximum atomic E-state index is 11.0. The van der Waals surface area contributed by atoms with E-state index < -0.39 is 18.1 Å². The molecule has 0 fully saturated rings. The number of carboxylic acid groups (broad SMARTS) is 1. The van der Waals surface area contributed by atoms with Gasteiger partial charge in [-0.3, -0.25) is 9.59 Å². The fraction of sp³-hybridized carbons (Fsp3) is 0.500. The molecule has 22 heavy (non-hydrogen) atoms. The van der Waals surface area contributed by atoms with Crippen molar-refractivity contribution in [2.45, 2.75) is 45.9 Å². The topological polar surface area (TPSA) is 116 Å². The van der Waals surface area contributed by atoms with E-state index in [9.17, 15) is 9.59 Å². The molecule has 0 aliphatic carbocycles. The van der Waals surface area contributed by atoms with Gasteiger partial charge in [0.05, 0.1) is 0 Å². The number of benzene rings is 1. The maximum absolute atomic E-state index is 11.0. The van der Waals surface area contributed by atoms with Crippen molar-refractivity contribution < 1.29 is 19.4 Å². The van der Waals surface area contributed by atoms with Gasteiger partial charge in [0.25, 0.3) is 0 Å². The third-order valence-electron chi connectivity index (χ3n) is 2.64. The third-order valence-corrected chi connectivity index (χ3v) is 2.64. The highest BCUT2D eigenvalue weighted by Gasteiger charge is 2.12. The molecule has 0 bridgehead atoms. The molecule has 0 aliphatic heterocycles. The summed E-state index contributed by atoms with van der Waals surface area (Å²) >= 11 is 0. The van der Waals surface area contributed by atoms with Crippen LogP contribution in [0.25, 0.3) is 0 Å². The Morgan fingerprint density at radius 2 is 1.68 bits per heavy atom. The Hall–Kier alpha value is -1.92. The van der Waals surface area contributed by atoms with Crippen LogP contribution in [0.1, 0.15) is 32.8 Å². The smallest absolute Gasteiger partial charge is 0.322 e. The molecule has 0 amide bonds. The molecule has 0 spiro atoms. The summed E-state index contributed by atoms with van der Waals surface area (Å²) in [6, 6.07) is 8.26. The molecule has 0 saturated heterocycles. The number of esters is 1. The molecule has 0 aromatic heterocycles. The summed E-state index contributed by atoms with van der Waals surface area (Å²) in [6.45, 7) is 5.79. The van der Waals surface area contributed by atoms with E-state index in [4.69, 9.17) is 21.3 Å². The van der Waals surface area contributed by atoms with Crippen LogP contribution in [-0.4, -0.2) is 29.1 Å². The summed E-state index contributed by atoms with van der Waals surface area (Å²) < 4.78 is 4.93. The second kappa shape index (κ2) is 10.8. The monoisotopic (exact) mass is 310 g/mol. The van der Waals surface area contributed by atoms with E-state index >= 15 is 0 Å². The number of nitrogens with two attached hydrogens (primary N) is 2. The molecule has 5 N–H and O–H groups in total. The lowest BCUT2D eigenvalue weighted by Gasteiger charge is -2.07. The van der Waals surface area contributed by atoms with Gasteiger partial charge in [0, 0.05) is 0 Å². The van der Waals surface area contributed by atoms with Gasteiger partial charge in [0.2, 0.25) is 0 Å². The molecule has 6 heteroatoms. The number of aliphatic carboxylic acids is 1. The SMILES string of the molecule is CC(C)CC(N)C(=O)O.CC(N)C(=O)OCc1ccccc1. The lowest BCUT2D eigenvalue weighted by molar-refractivity contribution is -0.146. The number of hydrogen-bond donors (Lipinski definition) is 3. The van der Waals surface area contributed by atoms with E-state index in [0.717, 1.165) is 5.56 Å². The van der Waals surface area contributed by atoms with E-state index in [-0.39, 0.29) is 5.97 Å². The first-order chi connectivity index (χ1) is 10.2.